The predicted molar refractivity (Wildman–Crippen MR) is 151 cm³/mol. The maximum atomic E-state index is 12.6. The molecule has 0 radical (unpaired) electrons. The molecule has 1 saturated heterocycles. The van der Waals surface area contributed by atoms with E-state index >= 15 is 0 Å². The summed E-state index contributed by atoms with van der Waals surface area (Å²) in [5, 5.41) is 2.73. The van der Waals surface area contributed by atoms with Crippen LogP contribution in [0.15, 0.2) is 71.2 Å². The summed E-state index contributed by atoms with van der Waals surface area (Å²) in [6.07, 6.45) is 0.0324. The van der Waals surface area contributed by atoms with Gasteiger partial charge in [0.1, 0.15) is 11.5 Å². The number of nitrogens with zero attached hydrogens (tertiary/aromatic N) is 1. The standard InChI is InChI=1S/C30H31BrN2O5/c1-19-15-22(31)7-14-26(19)32-27(34)18-37-29(36)20-16-28(35)33(17-20)23-8-12-25(13-9-23)38-24-10-5-21(6-11-24)30(2,3)4/h5-15,20H,16-18H2,1-4H3,(H,32,34)/t20-/m0/s1. The molecule has 1 aliphatic heterocycles. The summed E-state index contributed by atoms with van der Waals surface area (Å²) in [6, 6.07) is 20.6. The molecular weight excluding hydrogens is 548 g/mol. The molecule has 38 heavy (non-hydrogen) atoms. The zero-order valence-corrected chi connectivity index (χ0v) is 23.5. The number of benzene rings is 3. The second-order valence-corrected chi connectivity index (χ2v) is 11.3. The van der Waals surface area contributed by atoms with E-state index in [9.17, 15) is 14.4 Å². The van der Waals surface area contributed by atoms with Crippen molar-refractivity contribution in [2.45, 2.75) is 39.5 Å². The van der Waals surface area contributed by atoms with E-state index in [2.05, 4.69) is 54.2 Å². The quantitative estimate of drug-likeness (QED) is 0.329. The van der Waals surface area contributed by atoms with Crippen LogP contribution in [0.25, 0.3) is 0 Å². The molecule has 8 heteroatoms. The highest BCUT2D eigenvalue weighted by Crippen LogP contribution is 2.30. The van der Waals surface area contributed by atoms with Crippen molar-refractivity contribution in [1.82, 2.24) is 0 Å². The molecule has 1 heterocycles. The van der Waals surface area contributed by atoms with Crippen LogP contribution in [-0.2, 0) is 24.5 Å². The second-order valence-electron chi connectivity index (χ2n) is 10.4. The van der Waals surface area contributed by atoms with Crippen LogP contribution in [0.4, 0.5) is 11.4 Å². The average molecular weight is 579 g/mol. The van der Waals surface area contributed by atoms with E-state index < -0.39 is 24.4 Å². The lowest BCUT2D eigenvalue weighted by Crippen LogP contribution is -2.28. The van der Waals surface area contributed by atoms with Gasteiger partial charge < -0.3 is 19.7 Å². The van der Waals surface area contributed by atoms with Gasteiger partial charge in [-0.15, -0.1) is 0 Å². The molecule has 1 fully saturated rings. The molecule has 0 aliphatic carbocycles. The fourth-order valence-electron chi connectivity index (χ4n) is 4.18. The third kappa shape index (κ3) is 6.81. The Labute approximate surface area is 231 Å². The molecule has 0 saturated carbocycles. The van der Waals surface area contributed by atoms with Gasteiger partial charge in [0.25, 0.3) is 5.91 Å². The van der Waals surface area contributed by atoms with Crippen LogP contribution < -0.4 is 15.0 Å². The number of carbonyl (C=O) groups is 3. The third-order valence-corrected chi connectivity index (χ3v) is 6.86. The molecule has 0 bridgehead atoms. The van der Waals surface area contributed by atoms with E-state index in [0.29, 0.717) is 17.1 Å². The van der Waals surface area contributed by atoms with Crippen molar-refractivity contribution in [1.29, 1.82) is 0 Å². The highest BCUT2D eigenvalue weighted by Gasteiger charge is 2.36. The van der Waals surface area contributed by atoms with Crippen LogP contribution in [0.5, 0.6) is 11.5 Å². The minimum absolute atomic E-state index is 0.0324. The molecule has 3 aromatic carbocycles. The molecule has 0 unspecified atom stereocenters. The number of anilines is 2. The van der Waals surface area contributed by atoms with Crippen molar-refractivity contribution in [2.24, 2.45) is 5.92 Å². The minimum atomic E-state index is -0.637. The van der Waals surface area contributed by atoms with Crippen LogP contribution in [0.1, 0.15) is 38.3 Å². The summed E-state index contributed by atoms with van der Waals surface area (Å²) < 4.78 is 12.1. The van der Waals surface area contributed by atoms with Gasteiger partial charge in [-0.25, -0.2) is 0 Å². The topological polar surface area (TPSA) is 84.9 Å². The molecule has 1 N–H and O–H groups in total. The van der Waals surface area contributed by atoms with Crippen molar-refractivity contribution >= 4 is 45.1 Å². The van der Waals surface area contributed by atoms with E-state index in [0.717, 1.165) is 15.8 Å². The third-order valence-electron chi connectivity index (χ3n) is 6.37. The average Bonchev–Trinajstić information content (AvgIpc) is 3.26. The van der Waals surface area contributed by atoms with Crippen molar-refractivity contribution in [3.05, 3.63) is 82.3 Å². The Balaban J connectivity index is 1.29. The molecule has 1 aliphatic rings. The molecule has 1 atom stereocenters. The Bertz CT molecular complexity index is 1330. The fraction of sp³-hybridized carbons (Fsp3) is 0.300. The highest BCUT2D eigenvalue weighted by molar-refractivity contribution is 9.10. The number of aryl methyl sites for hydroxylation is 1. The van der Waals surface area contributed by atoms with Gasteiger partial charge in [0.2, 0.25) is 5.91 Å². The Hall–Kier alpha value is -3.65. The number of carbonyl (C=O) groups excluding carboxylic acids is 3. The van der Waals surface area contributed by atoms with Gasteiger partial charge in [-0.1, -0.05) is 48.8 Å². The Morgan fingerprint density at radius 2 is 1.63 bits per heavy atom. The number of rotatable bonds is 7. The molecular formula is C30H31BrN2O5. The zero-order chi connectivity index (χ0) is 27.4. The van der Waals surface area contributed by atoms with Gasteiger partial charge in [-0.05, 0) is 78.1 Å². The molecule has 4 rings (SSSR count). The van der Waals surface area contributed by atoms with Crippen LogP contribution >= 0.6 is 15.9 Å². The monoisotopic (exact) mass is 578 g/mol. The lowest BCUT2D eigenvalue weighted by Gasteiger charge is -2.19. The van der Waals surface area contributed by atoms with Gasteiger partial charge >= 0.3 is 5.97 Å². The lowest BCUT2D eigenvalue weighted by atomic mass is 9.87. The van der Waals surface area contributed by atoms with Crippen molar-refractivity contribution in [3.8, 4) is 11.5 Å². The predicted octanol–water partition coefficient (Wildman–Crippen LogP) is 6.38. The first-order valence-electron chi connectivity index (χ1n) is 12.4. The number of halogens is 1. The van der Waals surface area contributed by atoms with Crippen molar-refractivity contribution in [3.63, 3.8) is 0 Å². The van der Waals surface area contributed by atoms with Gasteiger partial charge in [0, 0.05) is 28.8 Å². The first kappa shape index (κ1) is 27.4. The summed E-state index contributed by atoms with van der Waals surface area (Å²) in [6.45, 7) is 8.13. The maximum absolute atomic E-state index is 12.6. The first-order chi connectivity index (χ1) is 18.0. The lowest BCUT2D eigenvalue weighted by molar-refractivity contribution is -0.151. The van der Waals surface area contributed by atoms with Crippen molar-refractivity contribution in [2.75, 3.05) is 23.4 Å². The first-order valence-corrected chi connectivity index (χ1v) is 13.2. The Kier molecular flexibility index (Phi) is 8.21. The van der Waals surface area contributed by atoms with Crippen molar-refractivity contribution < 1.29 is 23.9 Å². The number of ether oxygens (including phenoxy) is 2. The van der Waals surface area contributed by atoms with Gasteiger partial charge in [-0.3, -0.25) is 14.4 Å². The number of hydrogen-bond donors (Lipinski definition) is 1. The van der Waals surface area contributed by atoms with Crippen LogP contribution in [0, 0.1) is 12.8 Å². The minimum Gasteiger partial charge on any atom is -0.457 e. The molecule has 2 amide bonds. The Morgan fingerprint density at radius 3 is 2.24 bits per heavy atom. The Morgan fingerprint density at radius 1 is 1.00 bits per heavy atom. The van der Waals surface area contributed by atoms with Crippen LogP contribution in [0.3, 0.4) is 0 Å². The molecule has 7 nitrogen and oxygen atoms in total. The van der Waals surface area contributed by atoms with Crippen LogP contribution in [-0.4, -0.2) is 30.9 Å². The largest absolute Gasteiger partial charge is 0.457 e. The summed E-state index contributed by atoms with van der Waals surface area (Å²) in [5.74, 6) is -0.442. The highest BCUT2D eigenvalue weighted by atomic mass is 79.9. The van der Waals surface area contributed by atoms with E-state index in [-0.39, 0.29) is 24.3 Å². The maximum Gasteiger partial charge on any atom is 0.311 e. The van der Waals surface area contributed by atoms with Gasteiger partial charge in [0.05, 0.1) is 5.92 Å². The number of nitrogens with one attached hydrogen (secondary N) is 1. The molecule has 0 aromatic heterocycles. The molecule has 3 aromatic rings. The van der Waals surface area contributed by atoms with E-state index in [1.807, 2.05) is 31.2 Å². The number of hydrogen-bond acceptors (Lipinski definition) is 5. The molecule has 198 valence electrons. The van der Waals surface area contributed by atoms with Gasteiger partial charge in [-0.2, -0.15) is 0 Å². The summed E-state index contributed by atoms with van der Waals surface area (Å²) >= 11 is 3.38. The van der Waals surface area contributed by atoms with E-state index in [4.69, 9.17) is 9.47 Å². The second kappa shape index (κ2) is 11.4. The summed E-state index contributed by atoms with van der Waals surface area (Å²) in [4.78, 5) is 39.0. The fourth-order valence-corrected chi connectivity index (χ4v) is 4.65. The number of amides is 2. The van der Waals surface area contributed by atoms with E-state index in [1.165, 1.54) is 5.56 Å². The zero-order valence-electron chi connectivity index (χ0n) is 21.9. The van der Waals surface area contributed by atoms with Crippen LogP contribution in [0.2, 0.25) is 0 Å². The van der Waals surface area contributed by atoms with Gasteiger partial charge in [0.15, 0.2) is 6.61 Å². The summed E-state index contributed by atoms with van der Waals surface area (Å²) in [5.41, 5.74) is 3.49. The smallest absolute Gasteiger partial charge is 0.311 e. The SMILES string of the molecule is Cc1cc(Br)ccc1NC(=O)COC(=O)[C@H]1CC(=O)N(c2ccc(Oc3ccc(C(C)(C)C)cc3)cc2)C1. The normalized spacial score (nSPS) is 15.3. The summed E-state index contributed by atoms with van der Waals surface area (Å²) in [7, 11) is 0. The molecule has 0 spiro atoms. The van der Waals surface area contributed by atoms with E-state index in [1.54, 1.807) is 35.2 Å². The number of esters is 1.